The van der Waals surface area contributed by atoms with E-state index in [9.17, 15) is 19.2 Å². The van der Waals surface area contributed by atoms with Gasteiger partial charge in [-0.25, -0.2) is 14.4 Å². The van der Waals surface area contributed by atoms with Crippen molar-refractivity contribution in [2.24, 2.45) is 0 Å². The van der Waals surface area contributed by atoms with Crippen LogP contribution in [0.2, 0.25) is 0 Å². The van der Waals surface area contributed by atoms with E-state index in [1.807, 2.05) is 0 Å². The van der Waals surface area contributed by atoms with Crippen molar-refractivity contribution in [1.82, 2.24) is 0 Å². The number of esters is 4. The van der Waals surface area contributed by atoms with E-state index < -0.39 is 48.3 Å². The standard InChI is InChI=1S/C20H26O9/c1-10(2)18(22)27-15-9-26-14(8-25-13(7)21)16(28-19(23)11(3)4)17(15)29-20(24)12(5)6/h14-17H,1,3,5,8-9H2,2,4,6-7H3/t14?,15-,16-,17-/m1/s1. The van der Waals surface area contributed by atoms with E-state index in [1.165, 1.54) is 27.7 Å². The summed E-state index contributed by atoms with van der Waals surface area (Å²) in [5.41, 5.74) is 0.290. The zero-order valence-corrected chi connectivity index (χ0v) is 17.0. The van der Waals surface area contributed by atoms with Gasteiger partial charge in [-0.2, -0.15) is 0 Å². The van der Waals surface area contributed by atoms with Crippen LogP contribution in [0.4, 0.5) is 0 Å². The molecule has 0 spiro atoms. The summed E-state index contributed by atoms with van der Waals surface area (Å²) in [5.74, 6) is -2.88. The lowest BCUT2D eigenvalue weighted by molar-refractivity contribution is -0.229. The molecule has 0 saturated carbocycles. The maximum atomic E-state index is 12.2. The third-order valence-corrected chi connectivity index (χ3v) is 3.77. The molecule has 1 unspecified atom stereocenters. The number of ether oxygens (including phenoxy) is 5. The summed E-state index contributed by atoms with van der Waals surface area (Å²) in [6, 6.07) is 0. The van der Waals surface area contributed by atoms with Crippen LogP contribution in [0.25, 0.3) is 0 Å². The number of rotatable bonds is 8. The minimum atomic E-state index is -1.24. The highest BCUT2D eigenvalue weighted by Crippen LogP contribution is 2.26. The van der Waals surface area contributed by atoms with Gasteiger partial charge in [0.1, 0.15) is 12.7 Å². The molecule has 0 aliphatic carbocycles. The maximum absolute atomic E-state index is 12.2. The summed E-state index contributed by atoms with van der Waals surface area (Å²) in [7, 11) is 0. The molecule has 160 valence electrons. The molecule has 29 heavy (non-hydrogen) atoms. The van der Waals surface area contributed by atoms with Crippen molar-refractivity contribution in [3.8, 4) is 0 Å². The first-order chi connectivity index (χ1) is 13.4. The van der Waals surface area contributed by atoms with E-state index in [1.54, 1.807) is 0 Å². The van der Waals surface area contributed by atoms with Crippen molar-refractivity contribution in [2.45, 2.75) is 52.1 Å². The summed E-state index contributed by atoms with van der Waals surface area (Å²) in [5, 5.41) is 0. The molecular weight excluding hydrogens is 384 g/mol. The highest BCUT2D eigenvalue weighted by atomic mass is 16.7. The molecule has 0 bridgehead atoms. The van der Waals surface area contributed by atoms with Crippen LogP contribution in [0.5, 0.6) is 0 Å². The van der Waals surface area contributed by atoms with Gasteiger partial charge in [0, 0.05) is 23.6 Å². The first kappa shape index (κ1) is 24.1. The molecule has 9 heteroatoms. The molecule has 1 rings (SSSR count). The number of carbonyl (C=O) groups is 4. The second-order valence-corrected chi connectivity index (χ2v) is 6.70. The molecular formula is C20H26O9. The van der Waals surface area contributed by atoms with E-state index in [2.05, 4.69) is 19.7 Å². The van der Waals surface area contributed by atoms with Gasteiger partial charge in [0.2, 0.25) is 0 Å². The fourth-order valence-electron chi connectivity index (χ4n) is 2.25. The summed E-state index contributed by atoms with van der Waals surface area (Å²) in [6.45, 7) is 15.6. The SMILES string of the molecule is C=C(C)C(=O)O[C@H]1[C@H](OC(=O)C(=C)C)C(COC(C)=O)OC[C@H]1OC(=O)C(=C)C. The third-order valence-electron chi connectivity index (χ3n) is 3.77. The zero-order valence-electron chi connectivity index (χ0n) is 17.0. The number of hydrogen-bond donors (Lipinski definition) is 0. The molecule has 4 atom stereocenters. The van der Waals surface area contributed by atoms with Crippen LogP contribution in [0.15, 0.2) is 36.5 Å². The Morgan fingerprint density at radius 1 is 0.793 bits per heavy atom. The lowest BCUT2D eigenvalue weighted by atomic mass is 9.99. The molecule has 1 heterocycles. The van der Waals surface area contributed by atoms with E-state index in [-0.39, 0.29) is 29.9 Å². The molecule has 1 aliphatic rings. The molecule has 1 saturated heterocycles. The van der Waals surface area contributed by atoms with Crippen LogP contribution in [0.3, 0.4) is 0 Å². The predicted molar refractivity (Wildman–Crippen MR) is 100 cm³/mol. The van der Waals surface area contributed by atoms with Gasteiger partial charge in [-0.15, -0.1) is 0 Å². The van der Waals surface area contributed by atoms with Gasteiger partial charge in [-0.1, -0.05) is 19.7 Å². The second-order valence-electron chi connectivity index (χ2n) is 6.70. The number of carbonyl (C=O) groups excluding carboxylic acids is 4. The van der Waals surface area contributed by atoms with Gasteiger partial charge in [0.05, 0.1) is 6.61 Å². The van der Waals surface area contributed by atoms with Crippen LogP contribution in [0.1, 0.15) is 27.7 Å². The summed E-state index contributed by atoms with van der Waals surface area (Å²) < 4.78 is 26.6. The summed E-state index contributed by atoms with van der Waals surface area (Å²) in [6.07, 6.45) is -4.54. The van der Waals surface area contributed by atoms with E-state index in [0.29, 0.717) is 0 Å². The lowest BCUT2D eigenvalue weighted by Crippen LogP contribution is -2.59. The Bertz CT molecular complexity index is 721. The fourth-order valence-corrected chi connectivity index (χ4v) is 2.25. The summed E-state index contributed by atoms with van der Waals surface area (Å²) in [4.78, 5) is 47.4. The normalized spacial score (nSPS) is 23.3. The molecule has 0 amide bonds. The Labute approximate surface area is 169 Å². The average Bonchev–Trinajstić information content (AvgIpc) is 2.62. The molecule has 0 radical (unpaired) electrons. The zero-order chi connectivity index (χ0) is 22.3. The van der Waals surface area contributed by atoms with Gasteiger partial charge in [-0.3, -0.25) is 4.79 Å². The second kappa shape index (κ2) is 10.6. The Kier molecular flexibility index (Phi) is 8.78. The Morgan fingerprint density at radius 2 is 1.24 bits per heavy atom. The third kappa shape index (κ3) is 7.19. The maximum Gasteiger partial charge on any atom is 0.333 e. The molecule has 1 aliphatic heterocycles. The quantitative estimate of drug-likeness (QED) is 0.333. The van der Waals surface area contributed by atoms with Crippen molar-refractivity contribution >= 4 is 23.9 Å². The van der Waals surface area contributed by atoms with Crippen LogP contribution in [-0.4, -0.2) is 61.5 Å². The summed E-state index contributed by atoms with van der Waals surface area (Å²) >= 11 is 0. The van der Waals surface area contributed by atoms with Crippen LogP contribution < -0.4 is 0 Å². The van der Waals surface area contributed by atoms with Crippen LogP contribution in [-0.2, 0) is 42.9 Å². The van der Waals surface area contributed by atoms with E-state index in [0.717, 1.165) is 0 Å². The highest BCUT2D eigenvalue weighted by molar-refractivity contribution is 5.88. The molecule has 0 aromatic heterocycles. The van der Waals surface area contributed by atoms with Crippen LogP contribution in [0, 0.1) is 0 Å². The van der Waals surface area contributed by atoms with E-state index >= 15 is 0 Å². The molecule has 1 fully saturated rings. The monoisotopic (exact) mass is 410 g/mol. The molecule has 0 aromatic rings. The van der Waals surface area contributed by atoms with E-state index in [4.69, 9.17) is 23.7 Å². The lowest BCUT2D eigenvalue weighted by Gasteiger charge is -2.40. The fraction of sp³-hybridized carbons (Fsp3) is 0.500. The van der Waals surface area contributed by atoms with Crippen molar-refractivity contribution < 1.29 is 42.9 Å². The minimum Gasteiger partial charge on any atom is -0.463 e. The molecule has 0 N–H and O–H groups in total. The van der Waals surface area contributed by atoms with Crippen molar-refractivity contribution in [3.63, 3.8) is 0 Å². The first-order valence-corrected chi connectivity index (χ1v) is 8.78. The van der Waals surface area contributed by atoms with Crippen LogP contribution >= 0.6 is 0 Å². The van der Waals surface area contributed by atoms with Crippen molar-refractivity contribution in [1.29, 1.82) is 0 Å². The highest BCUT2D eigenvalue weighted by Gasteiger charge is 2.48. The minimum absolute atomic E-state index is 0.0854. The predicted octanol–water partition coefficient (Wildman–Crippen LogP) is 1.41. The van der Waals surface area contributed by atoms with Crippen molar-refractivity contribution in [3.05, 3.63) is 36.5 Å². The topological polar surface area (TPSA) is 114 Å². The Hall–Kier alpha value is -2.94. The Balaban J connectivity index is 3.24. The van der Waals surface area contributed by atoms with Gasteiger partial charge >= 0.3 is 23.9 Å². The van der Waals surface area contributed by atoms with Crippen molar-refractivity contribution in [2.75, 3.05) is 13.2 Å². The molecule has 9 nitrogen and oxygen atoms in total. The van der Waals surface area contributed by atoms with Gasteiger partial charge < -0.3 is 23.7 Å². The largest absolute Gasteiger partial charge is 0.463 e. The van der Waals surface area contributed by atoms with Gasteiger partial charge in [0.15, 0.2) is 18.3 Å². The van der Waals surface area contributed by atoms with Gasteiger partial charge in [0.25, 0.3) is 0 Å². The Morgan fingerprint density at radius 3 is 1.69 bits per heavy atom. The molecule has 0 aromatic carbocycles. The van der Waals surface area contributed by atoms with Gasteiger partial charge in [-0.05, 0) is 20.8 Å². The smallest absolute Gasteiger partial charge is 0.333 e. The first-order valence-electron chi connectivity index (χ1n) is 8.78. The average molecular weight is 410 g/mol. The number of hydrogen-bond acceptors (Lipinski definition) is 9.